The molecule has 0 aliphatic carbocycles. The number of nitrogens with one attached hydrogen (secondary N) is 1. The molecule has 1 N–H and O–H groups in total. The second-order valence-electron chi connectivity index (χ2n) is 4.47. The van der Waals surface area contributed by atoms with Crippen LogP contribution in [0.15, 0.2) is 23.3 Å². The van der Waals surface area contributed by atoms with Crippen LogP contribution in [0.3, 0.4) is 0 Å². The minimum atomic E-state index is -0.104. The van der Waals surface area contributed by atoms with Crippen molar-refractivity contribution in [1.29, 1.82) is 0 Å². The number of hydrazone groups is 1. The highest BCUT2D eigenvalue weighted by atomic mass is 16.5. The molecule has 5 nitrogen and oxygen atoms in total. The van der Waals surface area contributed by atoms with Crippen molar-refractivity contribution < 1.29 is 14.3 Å². The van der Waals surface area contributed by atoms with Gasteiger partial charge in [-0.25, -0.2) is 5.43 Å². The summed E-state index contributed by atoms with van der Waals surface area (Å²) in [6.07, 6.45) is 1.99. The second kappa shape index (κ2) is 7.41. The number of amides is 1. The number of hydrogen-bond acceptors (Lipinski definition) is 4. The summed E-state index contributed by atoms with van der Waals surface area (Å²) in [5, 5.41) is 3.92. The van der Waals surface area contributed by atoms with Gasteiger partial charge < -0.3 is 9.47 Å². The van der Waals surface area contributed by atoms with Gasteiger partial charge in [0.25, 0.3) is 0 Å². The van der Waals surface area contributed by atoms with Crippen LogP contribution in [0.4, 0.5) is 0 Å². The number of para-hydroxylation sites is 1. The highest BCUT2D eigenvalue weighted by molar-refractivity contribution is 5.86. The molecule has 1 amide bonds. The van der Waals surface area contributed by atoms with Crippen molar-refractivity contribution in [2.24, 2.45) is 11.0 Å². The highest BCUT2D eigenvalue weighted by Crippen LogP contribution is 2.29. The summed E-state index contributed by atoms with van der Waals surface area (Å²) in [6.45, 7) is 3.96. The Bertz CT molecular complexity index is 456. The van der Waals surface area contributed by atoms with E-state index < -0.39 is 0 Å². The van der Waals surface area contributed by atoms with Crippen molar-refractivity contribution in [3.05, 3.63) is 23.8 Å². The smallest absolute Gasteiger partial charge is 0.240 e. The predicted molar refractivity (Wildman–Crippen MR) is 74.7 cm³/mol. The summed E-state index contributed by atoms with van der Waals surface area (Å²) < 4.78 is 10.4. The van der Waals surface area contributed by atoms with E-state index in [9.17, 15) is 4.79 Å². The van der Waals surface area contributed by atoms with Gasteiger partial charge in [-0.05, 0) is 18.1 Å². The van der Waals surface area contributed by atoms with Crippen LogP contribution in [-0.4, -0.2) is 26.3 Å². The maximum Gasteiger partial charge on any atom is 0.240 e. The molecule has 0 saturated heterocycles. The van der Waals surface area contributed by atoms with Crippen LogP contribution in [0.25, 0.3) is 0 Å². The third-order valence-corrected chi connectivity index (χ3v) is 2.42. The molecular weight excluding hydrogens is 244 g/mol. The van der Waals surface area contributed by atoms with Crippen LogP contribution in [-0.2, 0) is 4.79 Å². The average Bonchev–Trinajstić information content (AvgIpc) is 2.37. The molecule has 0 atom stereocenters. The van der Waals surface area contributed by atoms with Gasteiger partial charge in [0.1, 0.15) is 0 Å². The SMILES string of the molecule is COc1cccc(/C=N/NC(=O)CC(C)C)c1OC. The largest absolute Gasteiger partial charge is 0.493 e. The van der Waals surface area contributed by atoms with Crippen molar-refractivity contribution in [3.63, 3.8) is 0 Å². The summed E-state index contributed by atoms with van der Waals surface area (Å²) >= 11 is 0. The van der Waals surface area contributed by atoms with Gasteiger partial charge in [-0.2, -0.15) is 5.10 Å². The van der Waals surface area contributed by atoms with Gasteiger partial charge in [0, 0.05) is 12.0 Å². The van der Waals surface area contributed by atoms with E-state index in [1.165, 1.54) is 0 Å². The van der Waals surface area contributed by atoms with Crippen LogP contribution in [0.5, 0.6) is 11.5 Å². The van der Waals surface area contributed by atoms with Crippen molar-refractivity contribution in [1.82, 2.24) is 5.43 Å². The summed E-state index contributed by atoms with van der Waals surface area (Å²) in [6, 6.07) is 5.46. The molecule has 0 radical (unpaired) electrons. The maximum absolute atomic E-state index is 11.4. The minimum absolute atomic E-state index is 0.104. The fraction of sp³-hybridized carbons (Fsp3) is 0.429. The van der Waals surface area contributed by atoms with Gasteiger partial charge in [-0.15, -0.1) is 0 Å². The zero-order chi connectivity index (χ0) is 14.3. The Morgan fingerprint density at radius 2 is 2.11 bits per heavy atom. The van der Waals surface area contributed by atoms with Crippen LogP contribution in [0.1, 0.15) is 25.8 Å². The molecule has 5 heteroatoms. The topological polar surface area (TPSA) is 59.9 Å². The molecule has 0 bridgehead atoms. The van der Waals surface area contributed by atoms with Crippen LogP contribution in [0.2, 0.25) is 0 Å². The van der Waals surface area contributed by atoms with Gasteiger partial charge in [0.05, 0.1) is 20.4 Å². The standard InChI is InChI=1S/C14H20N2O3/c1-10(2)8-13(17)16-15-9-11-6-5-7-12(18-3)14(11)19-4/h5-7,9-10H,8H2,1-4H3,(H,16,17)/b15-9+. The predicted octanol–water partition coefficient (Wildman–Crippen LogP) is 2.20. The average molecular weight is 264 g/mol. The van der Waals surface area contributed by atoms with E-state index in [0.29, 0.717) is 23.8 Å². The molecule has 0 heterocycles. The molecule has 0 saturated carbocycles. The fourth-order valence-corrected chi connectivity index (χ4v) is 1.60. The summed E-state index contributed by atoms with van der Waals surface area (Å²) in [5.74, 6) is 1.42. The maximum atomic E-state index is 11.4. The van der Waals surface area contributed by atoms with Gasteiger partial charge >= 0.3 is 0 Å². The molecular formula is C14H20N2O3. The van der Waals surface area contributed by atoms with Crippen LogP contribution < -0.4 is 14.9 Å². The Kier molecular flexibility index (Phi) is 5.85. The molecule has 104 valence electrons. The lowest BCUT2D eigenvalue weighted by molar-refractivity contribution is -0.121. The third-order valence-electron chi connectivity index (χ3n) is 2.42. The van der Waals surface area contributed by atoms with E-state index in [2.05, 4.69) is 10.5 Å². The molecule has 1 rings (SSSR count). The van der Waals surface area contributed by atoms with Crippen molar-refractivity contribution in [2.45, 2.75) is 20.3 Å². The first-order valence-corrected chi connectivity index (χ1v) is 6.11. The number of ether oxygens (including phenoxy) is 2. The summed E-state index contributed by atoms with van der Waals surface area (Å²) in [7, 11) is 3.13. The molecule has 1 aromatic carbocycles. The molecule has 0 spiro atoms. The van der Waals surface area contributed by atoms with E-state index in [0.717, 1.165) is 5.56 Å². The van der Waals surface area contributed by atoms with E-state index in [4.69, 9.17) is 9.47 Å². The number of hydrogen-bond donors (Lipinski definition) is 1. The quantitative estimate of drug-likeness (QED) is 0.633. The number of nitrogens with zero attached hydrogens (tertiary/aromatic N) is 1. The summed E-state index contributed by atoms with van der Waals surface area (Å²) in [5.41, 5.74) is 3.23. The van der Waals surface area contributed by atoms with Crippen molar-refractivity contribution in [2.75, 3.05) is 14.2 Å². The Labute approximate surface area is 113 Å². The molecule has 19 heavy (non-hydrogen) atoms. The van der Waals surface area contributed by atoms with Crippen molar-refractivity contribution in [3.8, 4) is 11.5 Å². The normalized spacial score (nSPS) is 10.8. The Morgan fingerprint density at radius 3 is 2.68 bits per heavy atom. The lowest BCUT2D eigenvalue weighted by Crippen LogP contribution is -2.19. The number of benzene rings is 1. The molecule has 0 fully saturated rings. The zero-order valence-corrected chi connectivity index (χ0v) is 11.8. The Hall–Kier alpha value is -2.04. The third kappa shape index (κ3) is 4.62. The van der Waals surface area contributed by atoms with Crippen molar-refractivity contribution >= 4 is 12.1 Å². The molecule has 0 aliphatic rings. The van der Waals surface area contributed by atoms with Crippen LogP contribution in [0, 0.1) is 5.92 Å². The molecule has 0 aromatic heterocycles. The van der Waals surface area contributed by atoms with Crippen LogP contribution >= 0.6 is 0 Å². The fourth-order valence-electron chi connectivity index (χ4n) is 1.60. The molecule has 0 unspecified atom stereocenters. The molecule has 1 aromatic rings. The first kappa shape index (κ1) is 15.0. The first-order chi connectivity index (χ1) is 9.08. The van der Waals surface area contributed by atoms with Gasteiger partial charge in [0.15, 0.2) is 11.5 Å². The van der Waals surface area contributed by atoms with Gasteiger partial charge in [-0.1, -0.05) is 19.9 Å². The number of methoxy groups -OCH3 is 2. The van der Waals surface area contributed by atoms with E-state index in [1.807, 2.05) is 26.0 Å². The van der Waals surface area contributed by atoms with E-state index in [-0.39, 0.29) is 5.91 Å². The monoisotopic (exact) mass is 264 g/mol. The summed E-state index contributed by atoms with van der Waals surface area (Å²) in [4.78, 5) is 11.4. The minimum Gasteiger partial charge on any atom is -0.493 e. The lowest BCUT2D eigenvalue weighted by atomic mass is 10.1. The number of carbonyl (C=O) groups excluding carboxylic acids is 1. The highest BCUT2D eigenvalue weighted by Gasteiger charge is 2.07. The van der Waals surface area contributed by atoms with Gasteiger partial charge in [-0.3, -0.25) is 4.79 Å². The Morgan fingerprint density at radius 1 is 1.37 bits per heavy atom. The van der Waals surface area contributed by atoms with E-state index in [1.54, 1.807) is 26.5 Å². The Balaban J connectivity index is 2.74. The number of carbonyl (C=O) groups is 1. The molecule has 0 aliphatic heterocycles. The van der Waals surface area contributed by atoms with Gasteiger partial charge in [0.2, 0.25) is 5.91 Å². The second-order valence-corrected chi connectivity index (χ2v) is 4.47. The lowest BCUT2D eigenvalue weighted by Gasteiger charge is -2.09. The zero-order valence-electron chi connectivity index (χ0n) is 11.8. The number of rotatable bonds is 6. The van der Waals surface area contributed by atoms with E-state index >= 15 is 0 Å². The first-order valence-electron chi connectivity index (χ1n) is 6.11.